The third-order valence-electron chi connectivity index (χ3n) is 2.78. The van der Waals surface area contributed by atoms with Gasteiger partial charge in [0, 0.05) is 12.3 Å². The number of ether oxygens (including phenoxy) is 1. The van der Waals surface area contributed by atoms with Gasteiger partial charge in [0.2, 0.25) is 10.0 Å². The van der Waals surface area contributed by atoms with Crippen molar-refractivity contribution in [1.29, 1.82) is 0 Å². The summed E-state index contributed by atoms with van der Waals surface area (Å²) in [6.45, 7) is 1.85. The normalized spacial score (nSPS) is 11.3. The number of rotatable bonds is 5. The molecule has 2 rings (SSSR count). The van der Waals surface area contributed by atoms with Crippen molar-refractivity contribution >= 4 is 15.7 Å². The summed E-state index contributed by atoms with van der Waals surface area (Å²) in [7, 11) is -2.24. The van der Waals surface area contributed by atoms with E-state index in [2.05, 4.69) is 14.7 Å². The second-order valence-electron chi connectivity index (χ2n) is 4.38. The summed E-state index contributed by atoms with van der Waals surface area (Å²) in [4.78, 5) is 8.14. The first kappa shape index (κ1) is 15.2. The summed E-state index contributed by atoms with van der Waals surface area (Å²) in [6.07, 6.45) is 3.10. The van der Waals surface area contributed by atoms with Gasteiger partial charge >= 0.3 is 0 Å². The fraction of sp³-hybridized carbons (Fsp3) is 0.231. The lowest BCUT2D eigenvalue weighted by Crippen LogP contribution is -2.24. The van der Waals surface area contributed by atoms with Crippen molar-refractivity contribution in [3.8, 4) is 5.75 Å². The first-order chi connectivity index (χ1) is 9.92. The molecule has 0 fully saturated rings. The van der Waals surface area contributed by atoms with Gasteiger partial charge in [0.25, 0.3) is 0 Å². The van der Waals surface area contributed by atoms with Gasteiger partial charge in [-0.15, -0.1) is 0 Å². The molecule has 0 radical (unpaired) electrons. The zero-order chi connectivity index (χ0) is 15.5. The van der Waals surface area contributed by atoms with Crippen molar-refractivity contribution in [2.75, 3.05) is 12.8 Å². The van der Waals surface area contributed by atoms with E-state index < -0.39 is 10.0 Å². The Balaban J connectivity index is 2.16. The second kappa shape index (κ2) is 6.06. The number of hydrogen-bond acceptors (Lipinski definition) is 6. The first-order valence-corrected chi connectivity index (χ1v) is 7.61. The van der Waals surface area contributed by atoms with E-state index in [1.54, 1.807) is 13.1 Å². The van der Waals surface area contributed by atoms with Crippen LogP contribution >= 0.6 is 0 Å². The Labute approximate surface area is 123 Å². The van der Waals surface area contributed by atoms with Crippen LogP contribution in [0.2, 0.25) is 0 Å². The molecule has 2 aromatic rings. The Morgan fingerprint density at radius 2 is 2.05 bits per heavy atom. The number of nitrogen functional groups attached to an aromatic ring is 1. The Morgan fingerprint density at radius 3 is 2.62 bits per heavy atom. The number of nitrogens with zero attached hydrogens (tertiary/aromatic N) is 2. The Kier molecular flexibility index (Phi) is 4.39. The lowest BCUT2D eigenvalue weighted by molar-refractivity contribution is 0.414. The molecule has 0 aliphatic carbocycles. The molecule has 0 spiro atoms. The van der Waals surface area contributed by atoms with Crippen molar-refractivity contribution in [1.82, 2.24) is 14.7 Å². The average Bonchev–Trinajstić information content (AvgIpc) is 2.46. The zero-order valence-electron chi connectivity index (χ0n) is 11.7. The quantitative estimate of drug-likeness (QED) is 0.793. The fourth-order valence-electron chi connectivity index (χ4n) is 1.66. The molecular formula is C13H16N4O3S. The fourth-order valence-corrected chi connectivity index (χ4v) is 2.77. The predicted molar refractivity (Wildman–Crippen MR) is 78.2 cm³/mol. The molecule has 0 bridgehead atoms. The number of hydrogen-bond donors (Lipinski definition) is 2. The minimum absolute atomic E-state index is 0.00312. The van der Waals surface area contributed by atoms with Crippen LogP contribution in [0.25, 0.3) is 0 Å². The van der Waals surface area contributed by atoms with Gasteiger partial charge in [-0.2, -0.15) is 0 Å². The monoisotopic (exact) mass is 308 g/mol. The second-order valence-corrected chi connectivity index (χ2v) is 6.11. The molecule has 112 valence electrons. The molecule has 7 nitrogen and oxygen atoms in total. The Morgan fingerprint density at radius 1 is 1.29 bits per heavy atom. The van der Waals surface area contributed by atoms with Crippen LogP contribution in [-0.2, 0) is 16.6 Å². The number of sulfonamides is 1. The molecule has 0 saturated carbocycles. The highest BCUT2D eigenvalue weighted by molar-refractivity contribution is 7.89. The average molecular weight is 308 g/mol. The van der Waals surface area contributed by atoms with Gasteiger partial charge < -0.3 is 10.5 Å². The van der Waals surface area contributed by atoms with Crippen molar-refractivity contribution < 1.29 is 13.2 Å². The third kappa shape index (κ3) is 3.67. The van der Waals surface area contributed by atoms with E-state index in [9.17, 15) is 8.42 Å². The van der Waals surface area contributed by atoms with Crippen molar-refractivity contribution in [3.63, 3.8) is 0 Å². The standard InChI is InChI=1S/C13H16N4O3S/c1-9-6-16-10(7-15-9)8-17-21(18,19)13-4-3-11(20-2)5-12(13)14/h3-7,17H,8,14H2,1-2H3. The topological polar surface area (TPSA) is 107 Å². The number of anilines is 1. The van der Waals surface area contributed by atoms with Crippen LogP contribution < -0.4 is 15.2 Å². The molecule has 8 heteroatoms. The summed E-state index contributed by atoms with van der Waals surface area (Å²) in [5.41, 5.74) is 7.16. The molecule has 21 heavy (non-hydrogen) atoms. The molecule has 0 atom stereocenters. The van der Waals surface area contributed by atoms with Gasteiger partial charge in [-0.25, -0.2) is 13.1 Å². The van der Waals surface area contributed by atoms with Crippen molar-refractivity contribution in [2.45, 2.75) is 18.4 Å². The van der Waals surface area contributed by atoms with E-state index in [1.165, 1.54) is 31.5 Å². The maximum Gasteiger partial charge on any atom is 0.242 e. The highest BCUT2D eigenvalue weighted by atomic mass is 32.2. The van der Waals surface area contributed by atoms with Crippen molar-refractivity contribution in [3.05, 3.63) is 42.0 Å². The molecular weight excluding hydrogens is 292 g/mol. The van der Waals surface area contributed by atoms with Crippen LogP contribution in [0, 0.1) is 6.92 Å². The summed E-state index contributed by atoms with van der Waals surface area (Å²) in [5, 5.41) is 0. The number of nitrogens with two attached hydrogens (primary N) is 1. The summed E-state index contributed by atoms with van der Waals surface area (Å²) in [5.74, 6) is 0.496. The molecule has 1 aromatic heterocycles. The van der Waals surface area contributed by atoms with Gasteiger partial charge in [-0.05, 0) is 19.1 Å². The van der Waals surface area contributed by atoms with Crippen LogP contribution in [0.1, 0.15) is 11.4 Å². The molecule has 0 amide bonds. The van der Waals surface area contributed by atoms with Gasteiger partial charge in [0.05, 0.1) is 36.9 Å². The number of methoxy groups -OCH3 is 1. The lowest BCUT2D eigenvalue weighted by Gasteiger charge is -2.10. The van der Waals surface area contributed by atoms with E-state index in [0.29, 0.717) is 11.4 Å². The number of aromatic nitrogens is 2. The Bertz CT molecular complexity index is 730. The largest absolute Gasteiger partial charge is 0.497 e. The van der Waals surface area contributed by atoms with E-state index in [0.717, 1.165) is 5.69 Å². The SMILES string of the molecule is COc1ccc(S(=O)(=O)NCc2cnc(C)cn2)c(N)c1. The van der Waals surface area contributed by atoms with Gasteiger partial charge in [-0.3, -0.25) is 9.97 Å². The van der Waals surface area contributed by atoms with Gasteiger partial charge in [0.15, 0.2) is 0 Å². The van der Waals surface area contributed by atoms with E-state index >= 15 is 0 Å². The van der Waals surface area contributed by atoms with Crippen LogP contribution in [0.15, 0.2) is 35.5 Å². The molecule has 0 aliphatic rings. The molecule has 3 N–H and O–H groups in total. The Hall–Kier alpha value is -2.19. The van der Waals surface area contributed by atoms with Gasteiger partial charge in [-0.1, -0.05) is 0 Å². The predicted octanol–water partition coefficient (Wildman–Crippen LogP) is 0.854. The van der Waals surface area contributed by atoms with Crippen LogP contribution in [0.5, 0.6) is 5.75 Å². The van der Waals surface area contributed by atoms with E-state index in [4.69, 9.17) is 10.5 Å². The van der Waals surface area contributed by atoms with Crippen molar-refractivity contribution in [2.24, 2.45) is 0 Å². The maximum absolute atomic E-state index is 12.2. The lowest BCUT2D eigenvalue weighted by atomic mass is 10.3. The zero-order valence-corrected chi connectivity index (χ0v) is 12.5. The molecule has 0 unspecified atom stereocenters. The first-order valence-electron chi connectivity index (χ1n) is 6.13. The molecule has 1 heterocycles. The molecule has 0 aliphatic heterocycles. The van der Waals surface area contributed by atoms with E-state index in [-0.39, 0.29) is 17.1 Å². The highest BCUT2D eigenvalue weighted by Crippen LogP contribution is 2.23. The minimum atomic E-state index is -3.72. The summed E-state index contributed by atoms with van der Waals surface area (Å²) in [6, 6.07) is 4.40. The highest BCUT2D eigenvalue weighted by Gasteiger charge is 2.17. The third-order valence-corrected chi connectivity index (χ3v) is 4.26. The van der Waals surface area contributed by atoms with Crippen LogP contribution in [0.3, 0.4) is 0 Å². The minimum Gasteiger partial charge on any atom is -0.497 e. The van der Waals surface area contributed by atoms with Crippen LogP contribution in [0.4, 0.5) is 5.69 Å². The number of benzene rings is 1. The van der Waals surface area contributed by atoms with Crippen LogP contribution in [-0.4, -0.2) is 25.5 Å². The maximum atomic E-state index is 12.2. The smallest absolute Gasteiger partial charge is 0.242 e. The number of nitrogens with one attached hydrogen (secondary N) is 1. The summed E-state index contributed by atoms with van der Waals surface area (Å²) < 4.78 is 31.9. The molecule has 0 saturated heterocycles. The summed E-state index contributed by atoms with van der Waals surface area (Å²) >= 11 is 0. The molecule has 1 aromatic carbocycles. The number of aryl methyl sites for hydroxylation is 1. The van der Waals surface area contributed by atoms with E-state index in [1.807, 2.05) is 0 Å². The van der Waals surface area contributed by atoms with Gasteiger partial charge in [0.1, 0.15) is 10.6 Å².